The maximum Gasteiger partial charge on any atom is 0.137 e. The van der Waals surface area contributed by atoms with Crippen molar-refractivity contribution >= 4 is 5.78 Å². The lowest BCUT2D eigenvalue weighted by Crippen LogP contribution is -2.16. The van der Waals surface area contributed by atoms with Crippen molar-refractivity contribution in [3.8, 4) is 0 Å². The molecule has 2 aliphatic carbocycles. The van der Waals surface area contributed by atoms with E-state index in [2.05, 4.69) is 60.7 Å². The summed E-state index contributed by atoms with van der Waals surface area (Å²) in [7, 11) is 0. The molecule has 0 spiro atoms. The van der Waals surface area contributed by atoms with Crippen LogP contribution in [0.1, 0.15) is 30.4 Å². The standard InChI is InChI=1S/C19H18O/c20-17-13-7-12-16-18(17)19(16,14-8-3-1-4-9-14)15-10-5-2-6-11-15/h1-6,8-11,16,18H,7,12-13H2/t16-,18-/m1/s1. The van der Waals surface area contributed by atoms with Crippen LogP contribution in [0, 0.1) is 11.8 Å². The van der Waals surface area contributed by atoms with Gasteiger partial charge in [-0.25, -0.2) is 0 Å². The summed E-state index contributed by atoms with van der Waals surface area (Å²) in [4.78, 5) is 12.4. The Labute approximate surface area is 119 Å². The number of carbonyl (C=O) groups is 1. The van der Waals surface area contributed by atoms with Crippen LogP contribution >= 0.6 is 0 Å². The minimum absolute atomic E-state index is 0.0455. The van der Waals surface area contributed by atoms with E-state index in [-0.39, 0.29) is 11.3 Å². The van der Waals surface area contributed by atoms with Crippen LogP contribution in [-0.4, -0.2) is 5.78 Å². The molecule has 2 saturated carbocycles. The average Bonchev–Trinajstić information content (AvgIpc) is 3.21. The SMILES string of the molecule is O=C1CCC[C@@H]2[C@H]1C2(c1ccccc1)c1ccccc1. The zero-order valence-corrected chi connectivity index (χ0v) is 11.5. The Morgan fingerprint density at radius 3 is 1.90 bits per heavy atom. The summed E-state index contributed by atoms with van der Waals surface area (Å²) in [5.41, 5.74) is 2.59. The zero-order chi connectivity index (χ0) is 13.6. The second kappa shape index (κ2) is 4.31. The van der Waals surface area contributed by atoms with Gasteiger partial charge in [0.2, 0.25) is 0 Å². The molecule has 0 unspecified atom stereocenters. The van der Waals surface area contributed by atoms with Crippen LogP contribution in [0.4, 0.5) is 0 Å². The third-order valence-corrected chi connectivity index (χ3v) is 5.16. The number of ketones is 1. The number of hydrogen-bond donors (Lipinski definition) is 0. The second-order valence-corrected chi connectivity index (χ2v) is 6.04. The van der Waals surface area contributed by atoms with Gasteiger partial charge in [0.25, 0.3) is 0 Å². The van der Waals surface area contributed by atoms with Gasteiger partial charge in [0.05, 0.1) is 0 Å². The Morgan fingerprint density at radius 1 is 0.850 bits per heavy atom. The first-order chi connectivity index (χ1) is 9.85. The molecule has 0 saturated heterocycles. The number of benzene rings is 2. The Balaban J connectivity index is 1.90. The van der Waals surface area contributed by atoms with Gasteiger partial charge in [0.15, 0.2) is 0 Å². The van der Waals surface area contributed by atoms with Crippen LogP contribution in [0.5, 0.6) is 0 Å². The van der Waals surface area contributed by atoms with Crippen LogP contribution in [-0.2, 0) is 10.2 Å². The Kier molecular flexibility index (Phi) is 2.56. The molecule has 0 aliphatic heterocycles. The van der Waals surface area contributed by atoms with Gasteiger partial charge in [-0.1, -0.05) is 60.7 Å². The predicted octanol–water partition coefficient (Wildman–Crippen LogP) is 3.97. The molecule has 0 radical (unpaired) electrons. The molecule has 2 aromatic carbocycles. The summed E-state index contributed by atoms with van der Waals surface area (Å²) in [6.07, 6.45) is 3.00. The van der Waals surface area contributed by atoms with Crippen LogP contribution in [0.3, 0.4) is 0 Å². The van der Waals surface area contributed by atoms with E-state index in [1.807, 2.05) is 0 Å². The van der Waals surface area contributed by atoms with Crippen molar-refractivity contribution in [2.75, 3.05) is 0 Å². The molecule has 20 heavy (non-hydrogen) atoms. The summed E-state index contributed by atoms with van der Waals surface area (Å²) in [6.45, 7) is 0. The van der Waals surface area contributed by atoms with E-state index >= 15 is 0 Å². The largest absolute Gasteiger partial charge is 0.299 e. The maximum atomic E-state index is 12.4. The van der Waals surface area contributed by atoms with Crippen molar-refractivity contribution in [3.63, 3.8) is 0 Å². The smallest absolute Gasteiger partial charge is 0.137 e. The second-order valence-electron chi connectivity index (χ2n) is 6.04. The van der Waals surface area contributed by atoms with E-state index in [0.717, 1.165) is 12.8 Å². The first kappa shape index (κ1) is 11.9. The highest BCUT2D eigenvalue weighted by Crippen LogP contribution is 2.67. The summed E-state index contributed by atoms with van der Waals surface area (Å²) in [6, 6.07) is 21.2. The van der Waals surface area contributed by atoms with Gasteiger partial charge in [-0.05, 0) is 29.9 Å². The fraction of sp³-hybridized carbons (Fsp3) is 0.316. The Hall–Kier alpha value is -1.89. The molecule has 1 nitrogen and oxygen atoms in total. The third kappa shape index (κ3) is 1.46. The fourth-order valence-corrected chi connectivity index (χ4v) is 4.37. The highest BCUT2D eigenvalue weighted by molar-refractivity contribution is 5.89. The van der Waals surface area contributed by atoms with Crippen LogP contribution in [0.25, 0.3) is 0 Å². The quantitative estimate of drug-likeness (QED) is 0.800. The monoisotopic (exact) mass is 262 g/mol. The molecule has 2 aromatic rings. The molecule has 0 bridgehead atoms. The molecule has 2 atom stereocenters. The number of carbonyl (C=O) groups excluding carboxylic acids is 1. The zero-order valence-electron chi connectivity index (χ0n) is 11.5. The lowest BCUT2D eigenvalue weighted by Gasteiger charge is -2.19. The highest BCUT2D eigenvalue weighted by atomic mass is 16.1. The highest BCUT2D eigenvalue weighted by Gasteiger charge is 2.69. The lowest BCUT2D eigenvalue weighted by atomic mass is 9.84. The maximum absolute atomic E-state index is 12.4. The minimum atomic E-state index is -0.0455. The fourth-order valence-electron chi connectivity index (χ4n) is 4.37. The molecule has 0 N–H and O–H groups in total. The molecule has 0 aromatic heterocycles. The first-order valence-corrected chi connectivity index (χ1v) is 7.49. The van der Waals surface area contributed by atoms with E-state index in [0.29, 0.717) is 11.7 Å². The average molecular weight is 262 g/mol. The van der Waals surface area contributed by atoms with Crippen molar-refractivity contribution in [1.82, 2.24) is 0 Å². The topological polar surface area (TPSA) is 17.1 Å². The summed E-state index contributed by atoms with van der Waals surface area (Å²) in [5.74, 6) is 1.18. The van der Waals surface area contributed by atoms with Crippen molar-refractivity contribution in [1.29, 1.82) is 0 Å². The van der Waals surface area contributed by atoms with Gasteiger partial charge in [-0.3, -0.25) is 4.79 Å². The van der Waals surface area contributed by atoms with Crippen LogP contribution in [0.2, 0.25) is 0 Å². The van der Waals surface area contributed by atoms with Crippen LogP contribution in [0.15, 0.2) is 60.7 Å². The molecular weight excluding hydrogens is 244 g/mol. The van der Waals surface area contributed by atoms with Gasteiger partial charge in [-0.15, -0.1) is 0 Å². The van der Waals surface area contributed by atoms with E-state index in [1.54, 1.807) is 0 Å². The van der Waals surface area contributed by atoms with Gasteiger partial charge in [0, 0.05) is 17.8 Å². The van der Waals surface area contributed by atoms with E-state index in [1.165, 1.54) is 17.5 Å². The number of hydrogen-bond acceptors (Lipinski definition) is 1. The molecule has 2 aliphatic rings. The summed E-state index contributed by atoms with van der Waals surface area (Å²) >= 11 is 0. The van der Waals surface area contributed by atoms with Crippen molar-refractivity contribution in [2.45, 2.75) is 24.7 Å². The van der Waals surface area contributed by atoms with E-state index < -0.39 is 0 Å². The third-order valence-electron chi connectivity index (χ3n) is 5.16. The minimum Gasteiger partial charge on any atom is -0.299 e. The Morgan fingerprint density at radius 2 is 1.40 bits per heavy atom. The number of fused-ring (bicyclic) bond motifs is 1. The van der Waals surface area contributed by atoms with E-state index in [4.69, 9.17) is 0 Å². The molecule has 0 heterocycles. The molecular formula is C19H18O. The van der Waals surface area contributed by atoms with Gasteiger partial charge in [0.1, 0.15) is 5.78 Å². The van der Waals surface area contributed by atoms with Crippen molar-refractivity contribution < 1.29 is 4.79 Å². The van der Waals surface area contributed by atoms with Crippen molar-refractivity contribution in [2.24, 2.45) is 11.8 Å². The van der Waals surface area contributed by atoms with Crippen LogP contribution < -0.4 is 0 Å². The van der Waals surface area contributed by atoms with Crippen molar-refractivity contribution in [3.05, 3.63) is 71.8 Å². The van der Waals surface area contributed by atoms with Gasteiger partial charge < -0.3 is 0 Å². The summed E-state index contributed by atoms with van der Waals surface area (Å²) in [5, 5.41) is 0. The summed E-state index contributed by atoms with van der Waals surface area (Å²) < 4.78 is 0. The Bertz CT molecular complexity index is 590. The number of Topliss-reactive ketones (excluding diaryl/α,β-unsaturated/α-hetero) is 1. The van der Waals surface area contributed by atoms with E-state index in [9.17, 15) is 4.79 Å². The predicted molar refractivity (Wildman–Crippen MR) is 79.5 cm³/mol. The molecule has 4 rings (SSSR count). The number of rotatable bonds is 2. The first-order valence-electron chi connectivity index (χ1n) is 7.49. The normalized spacial score (nSPS) is 26.9. The lowest BCUT2D eigenvalue weighted by molar-refractivity contribution is -0.121. The molecule has 2 fully saturated rings. The van der Waals surface area contributed by atoms with Gasteiger partial charge in [-0.2, -0.15) is 0 Å². The van der Waals surface area contributed by atoms with Gasteiger partial charge >= 0.3 is 0 Å². The molecule has 1 heteroatoms. The molecule has 100 valence electrons. The molecule has 0 amide bonds.